The molecule has 0 aliphatic rings. The maximum Gasteiger partial charge on any atom is 0.321 e. The Morgan fingerprint density at radius 3 is 1.25 bits per heavy atom. The Morgan fingerprint density at radius 1 is 0.700 bits per heavy atom. The van der Waals surface area contributed by atoms with Gasteiger partial charge in [0, 0.05) is 26.2 Å². The van der Waals surface area contributed by atoms with E-state index in [-0.39, 0.29) is 39.9 Å². The van der Waals surface area contributed by atoms with Crippen LogP contribution in [0.5, 0.6) is 0 Å². The lowest BCUT2D eigenvalue weighted by atomic mass is 10.5. The molecule has 0 aromatic rings. The van der Waals surface area contributed by atoms with E-state index in [1.807, 2.05) is 0 Å². The summed E-state index contributed by atoms with van der Waals surface area (Å²) in [6.45, 7) is 0.814. The molecular weight excluding hydrogens is 291 g/mol. The quantitative estimate of drug-likeness (QED) is 0.211. The fourth-order valence-corrected chi connectivity index (χ4v) is 2.04. The van der Waals surface area contributed by atoms with Gasteiger partial charge < -0.3 is 20.4 Å². The van der Waals surface area contributed by atoms with E-state index in [0.717, 1.165) is 0 Å². The molecule has 0 saturated heterocycles. The first kappa shape index (κ1) is 19.9. The fraction of sp³-hybridized carbons (Fsp3) is 1.00. The molecule has 0 saturated carbocycles. The van der Waals surface area contributed by atoms with Crippen LogP contribution in [0.15, 0.2) is 0 Å². The van der Waals surface area contributed by atoms with Crippen LogP contribution in [-0.4, -0.2) is 96.3 Å². The van der Waals surface area contributed by atoms with Crippen LogP contribution in [0, 0.1) is 0 Å². The lowest BCUT2D eigenvalue weighted by Crippen LogP contribution is -2.32. The fourth-order valence-electron chi connectivity index (χ4n) is 1.38. The van der Waals surface area contributed by atoms with E-state index in [0.29, 0.717) is 26.2 Å². The second kappa shape index (κ2) is 13.9. The molecule has 0 bridgehead atoms. The summed E-state index contributed by atoms with van der Waals surface area (Å²) in [4.78, 5) is 3.18. The average Bonchev–Trinajstić information content (AvgIpc) is 2.43. The highest BCUT2D eigenvalue weighted by Crippen LogP contribution is 2.23. The van der Waals surface area contributed by atoms with Crippen molar-refractivity contribution in [2.24, 2.45) is 0 Å². The van der Waals surface area contributed by atoms with E-state index < -0.39 is 8.25 Å². The highest BCUT2D eigenvalue weighted by atomic mass is 31.1. The minimum atomic E-state index is -2.71. The van der Waals surface area contributed by atoms with Gasteiger partial charge in [0.05, 0.1) is 26.4 Å². The van der Waals surface area contributed by atoms with Gasteiger partial charge in [0.2, 0.25) is 0 Å². The summed E-state index contributed by atoms with van der Waals surface area (Å²) < 4.78 is 21.5. The largest absolute Gasteiger partial charge is 0.395 e. The van der Waals surface area contributed by atoms with Crippen LogP contribution in [0.2, 0.25) is 0 Å². The molecule has 0 radical (unpaired) electrons. The Kier molecular flexibility index (Phi) is 13.8. The molecule has 10 heteroatoms. The number of hydrogen-bond acceptors (Lipinski definition) is 9. The smallest absolute Gasteiger partial charge is 0.321 e. The van der Waals surface area contributed by atoms with Gasteiger partial charge >= 0.3 is 8.25 Å². The average molecular weight is 316 g/mol. The lowest BCUT2D eigenvalue weighted by Gasteiger charge is -2.21. The predicted molar refractivity (Wildman–Crippen MR) is 72.4 cm³/mol. The van der Waals surface area contributed by atoms with Crippen LogP contribution in [0.1, 0.15) is 0 Å². The second-order valence-corrected chi connectivity index (χ2v) is 5.00. The molecule has 20 heavy (non-hydrogen) atoms. The van der Waals surface area contributed by atoms with Crippen molar-refractivity contribution in [1.82, 2.24) is 9.80 Å². The van der Waals surface area contributed by atoms with E-state index >= 15 is 0 Å². The van der Waals surface area contributed by atoms with Crippen LogP contribution in [0.25, 0.3) is 0 Å². The summed E-state index contributed by atoms with van der Waals surface area (Å²) >= 11 is 0. The Labute approximate surface area is 119 Å². The van der Waals surface area contributed by atoms with E-state index in [1.165, 1.54) is 0 Å². The van der Waals surface area contributed by atoms with Crippen molar-refractivity contribution in [1.29, 1.82) is 0 Å². The number of hydrogen-bond donors (Lipinski definition) is 4. The Hall–Kier alpha value is -0.0900. The minimum absolute atomic E-state index is 0.0150. The van der Waals surface area contributed by atoms with Gasteiger partial charge in [-0.1, -0.05) is 0 Å². The summed E-state index contributed by atoms with van der Waals surface area (Å²) in [5.41, 5.74) is 0. The number of nitrogens with zero attached hydrogens (tertiary/aromatic N) is 2. The van der Waals surface area contributed by atoms with Gasteiger partial charge in [-0.15, -0.1) is 0 Å². The standard InChI is InChI=1S/C10H25N2O7P/c13-5-1-11(2-6-14)9-18-20(17)19-10-12(3-7-15)4-8-16/h13-16,20H,1-10H2. The maximum absolute atomic E-state index is 11.5. The highest BCUT2D eigenvalue weighted by molar-refractivity contribution is 7.33. The summed E-state index contributed by atoms with van der Waals surface area (Å²) in [5, 5.41) is 35.2. The van der Waals surface area contributed by atoms with Crippen molar-refractivity contribution < 1.29 is 34.0 Å². The summed E-state index contributed by atoms with van der Waals surface area (Å²) in [7, 11) is -2.71. The monoisotopic (exact) mass is 316 g/mol. The summed E-state index contributed by atoms with van der Waals surface area (Å²) in [6.07, 6.45) is 0. The van der Waals surface area contributed by atoms with Gasteiger partial charge in [-0.2, -0.15) is 0 Å². The highest BCUT2D eigenvalue weighted by Gasteiger charge is 2.09. The van der Waals surface area contributed by atoms with E-state index in [2.05, 4.69) is 0 Å². The molecule has 122 valence electrons. The lowest BCUT2D eigenvalue weighted by molar-refractivity contribution is 0.0530. The molecule has 0 heterocycles. The topological polar surface area (TPSA) is 123 Å². The predicted octanol–water partition coefficient (Wildman–Crippen LogP) is -2.10. The van der Waals surface area contributed by atoms with Crippen LogP contribution >= 0.6 is 8.25 Å². The van der Waals surface area contributed by atoms with E-state index in [1.54, 1.807) is 9.80 Å². The zero-order chi connectivity index (χ0) is 15.2. The molecule has 4 N–H and O–H groups in total. The number of aliphatic hydroxyl groups excluding tert-OH is 4. The number of aliphatic hydroxyl groups is 4. The number of rotatable bonds is 14. The molecule has 0 aromatic carbocycles. The van der Waals surface area contributed by atoms with Gasteiger partial charge in [-0.3, -0.25) is 23.4 Å². The van der Waals surface area contributed by atoms with Gasteiger partial charge in [-0.25, -0.2) is 0 Å². The van der Waals surface area contributed by atoms with Gasteiger partial charge in [-0.05, 0) is 0 Å². The van der Waals surface area contributed by atoms with Gasteiger partial charge in [0.15, 0.2) is 0 Å². The van der Waals surface area contributed by atoms with Crippen LogP contribution in [0.4, 0.5) is 0 Å². The molecule has 0 aromatic heterocycles. The molecule has 0 fully saturated rings. The van der Waals surface area contributed by atoms with Crippen molar-refractivity contribution in [3.05, 3.63) is 0 Å². The third-order valence-corrected chi connectivity index (χ3v) is 3.12. The van der Waals surface area contributed by atoms with Crippen molar-refractivity contribution >= 4 is 8.25 Å². The molecule has 9 nitrogen and oxygen atoms in total. The van der Waals surface area contributed by atoms with E-state index in [4.69, 9.17) is 29.5 Å². The van der Waals surface area contributed by atoms with Crippen molar-refractivity contribution in [3.8, 4) is 0 Å². The zero-order valence-corrected chi connectivity index (χ0v) is 12.5. The normalized spacial score (nSPS) is 11.9. The Balaban J connectivity index is 3.89. The first-order valence-electron chi connectivity index (χ1n) is 6.35. The maximum atomic E-state index is 11.5. The third-order valence-electron chi connectivity index (χ3n) is 2.39. The van der Waals surface area contributed by atoms with Crippen molar-refractivity contribution in [2.45, 2.75) is 0 Å². The molecule has 0 rings (SSSR count). The van der Waals surface area contributed by atoms with Crippen LogP contribution in [0.3, 0.4) is 0 Å². The zero-order valence-electron chi connectivity index (χ0n) is 11.5. The molecule has 0 aliphatic heterocycles. The Morgan fingerprint density at radius 2 is 1.00 bits per heavy atom. The third kappa shape index (κ3) is 10.7. The molecule has 0 atom stereocenters. The second-order valence-electron chi connectivity index (χ2n) is 3.93. The Bertz CT molecular complexity index is 214. The molecule has 0 amide bonds. The van der Waals surface area contributed by atoms with E-state index in [9.17, 15) is 4.57 Å². The summed E-state index contributed by atoms with van der Waals surface area (Å²) in [6, 6.07) is 0. The molecule has 0 unspecified atom stereocenters. The van der Waals surface area contributed by atoms with Gasteiger partial charge in [0.25, 0.3) is 0 Å². The first-order chi connectivity index (χ1) is 9.67. The minimum Gasteiger partial charge on any atom is -0.395 e. The van der Waals surface area contributed by atoms with Crippen molar-refractivity contribution in [3.63, 3.8) is 0 Å². The first-order valence-corrected chi connectivity index (χ1v) is 7.58. The molecular formula is C10H25N2O7P. The van der Waals surface area contributed by atoms with Crippen molar-refractivity contribution in [2.75, 3.05) is 66.1 Å². The van der Waals surface area contributed by atoms with Crippen LogP contribution in [-0.2, 0) is 13.6 Å². The molecule has 0 spiro atoms. The van der Waals surface area contributed by atoms with Crippen LogP contribution < -0.4 is 0 Å². The summed E-state index contributed by atoms with van der Waals surface area (Å²) in [5.74, 6) is 0. The van der Waals surface area contributed by atoms with Gasteiger partial charge in [0.1, 0.15) is 13.5 Å². The SMILES string of the molecule is O=[PH](OCN(CCO)CCO)OCN(CCO)CCO. The molecule has 0 aliphatic carbocycles.